The Balaban J connectivity index is 1.40. The number of hydrogen-bond donors (Lipinski definition) is 2. The lowest BCUT2D eigenvalue weighted by Gasteiger charge is -2.45. The van der Waals surface area contributed by atoms with Crippen LogP contribution in [-0.2, 0) is 33.9 Å². The quantitative estimate of drug-likeness (QED) is 0.676. The van der Waals surface area contributed by atoms with Crippen LogP contribution in [0.1, 0.15) is 16.7 Å². The summed E-state index contributed by atoms with van der Waals surface area (Å²) in [6, 6.07) is 11.7. The fourth-order valence-corrected chi connectivity index (χ4v) is 4.46. The summed E-state index contributed by atoms with van der Waals surface area (Å²) in [7, 11) is 3.29. The molecule has 32 heavy (non-hydrogen) atoms. The van der Waals surface area contributed by atoms with E-state index in [1.165, 1.54) is 0 Å². The lowest BCUT2D eigenvalue weighted by molar-refractivity contribution is -0.153. The molecular weight excluding hydrogens is 410 g/mol. The molecule has 8 nitrogen and oxygen atoms in total. The smallest absolute Gasteiger partial charge is 0.246 e. The highest BCUT2D eigenvalue weighted by Crippen LogP contribution is 2.24. The van der Waals surface area contributed by atoms with Crippen molar-refractivity contribution in [3.63, 3.8) is 0 Å². The number of nitrogens with zero attached hydrogens (tertiary/aromatic N) is 2. The van der Waals surface area contributed by atoms with Gasteiger partial charge in [-0.25, -0.2) is 0 Å². The number of amides is 2. The molecule has 2 amide bonds. The van der Waals surface area contributed by atoms with Crippen LogP contribution < -0.4 is 10.1 Å². The fraction of sp³-hybridized carbons (Fsp3) is 0.417. The Morgan fingerprint density at radius 1 is 1.06 bits per heavy atom. The first-order chi connectivity index (χ1) is 15.5. The third-order valence-electron chi connectivity index (χ3n) is 6.09. The highest BCUT2D eigenvalue weighted by Gasteiger charge is 2.43. The van der Waals surface area contributed by atoms with E-state index in [1.54, 1.807) is 43.4 Å². The molecule has 0 saturated carbocycles. The molecule has 2 atom stereocenters. The van der Waals surface area contributed by atoms with Crippen molar-refractivity contribution in [2.45, 2.75) is 31.7 Å². The number of phenolic OH excluding ortho intramolecular Hbond substituents is 1. The van der Waals surface area contributed by atoms with Crippen LogP contribution in [0.25, 0.3) is 0 Å². The molecule has 8 heteroatoms. The summed E-state index contributed by atoms with van der Waals surface area (Å²) in [4.78, 5) is 29.8. The molecule has 2 aliphatic rings. The van der Waals surface area contributed by atoms with Gasteiger partial charge in [-0.15, -0.1) is 0 Å². The summed E-state index contributed by atoms with van der Waals surface area (Å²) in [6.07, 6.45) is 0.409. The molecule has 0 aliphatic carbocycles. The van der Waals surface area contributed by atoms with E-state index in [0.29, 0.717) is 39.2 Å². The van der Waals surface area contributed by atoms with Crippen LogP contribution in [-0.4, -0.2) is 72.7 Å². The number of carbonyl (C=O) groups is 2. The maximum atomic E-state index is 13.0. The highest BCUT2D eigenvalue weighted by molar-refractivity contribution is 5.97. The van der Waals surface area contributed by atoms with Gasteiger partial charge in [0, 0.05) is 45.3 Å². The van der Waals surface area contributed by atoms with Crippen molar-refractivity contribution in [3.05, 3.63) is 59.2 Å². The number of rotatable bonds is 7. The Morgan fingerprint density at radius 3 is 2.53 bits per heavy atom. The number of piperazine rings is 2. The van der Waals surface area contributed by atoms with Gasteiger partial charge in [-0.1, -0.05) is 18.2 Å². The monoisotopic (exact) mass is 439 g/mol. The van der Waals surface area contributed by atoms with Crippen molar-refractivity contribution in [2.75, 3.05) is 33.9 Å². The Kier molecular flexibility index (Phi) is 6.62. The van der Waals surface area contributed by atoms with E-state index in [9.17, 15) is 14.7 Å². The predicted molar refractivity (Wildman–Crippen MR) is 118 cm³/mol. The fourth-order valence-electron chi connectivity index (χ4n) is 4.46. The molecular formula is C24H29N3O5. The molecule has 2 fully saturated rings. The van der Waals surface area contributed by atoms with E-state index >= 15 is 0 Å². The average Bonchev–Trinajstić information content (AvgIpc) is 2.79. The first-order valence-corrected chi connectivity index (χ1v) is 10.7. The van der Waals surface area contributed by atoms with Gasteiger partial charge in [-0.2, -0.15) is 0 Å². The van der Waals surface area contributed by atoms with Crippen LogP contribution in [0.2, 0.25) is 0 Å². The summed E-state index contributed by atoms with van der Waals surface area (Å²) in [5, 5.41) is 12.3. The first-order valence-electron chi connectivity index (χ1n) is 10.7. The van der Waals surface area contributed by atoms with Gasteiger partial charge in [0.2, 0.25) is 11.8 Å². The van der Waals surface area contributed by atoms with Crippen LogP contribution in [0.15, 0.2) is 42.5 Å². The minimum Gasteiger partial charge on any atom is -0.508 e. The van der Waals surface area contributed by atoms with Crippen LogP contribution in [0.5, 0.6) is 11.5 Å². The minimum atomic E-state index is -0.576. The zero-order chi connectivity index (χ0) is 22.7. The molecule has 170 valence electrons. The van der Waals surface area contributed by atoms with E-state index in [0.717, 1.165) is 22.4 Å². The van der Waals surface area contributed by atoms with Gasteiger partial charge < -0.3 is 24.8 Å². The molecule has 0 bridgehead atoms. The normalized spacial score (nSPS) is 21.2. The molecule has 0 spiro atoms. The van der Waals surface area contributed by atoms with Crippen LogP contribution in [0.3, 0.4) is 0 Å². The van der Waals surface area contributed by atoms with E-state index in [1.807, 2.05) is 12.1 Å². The van der Waals surface area contributed by atoms with E-state index in [2.05, 4.69) is 16.3 Å². The molecule has 2 aromatic carbocycles. The number of aromatic hydroxyl groups is 1. The van der Waals surface area contributed by atoms with Gasteiger partial charge >= 0.3 is 0 Å². The van der Waals surface area contributed by atoms with Crippen molar-refractivity contribution in [3.8, 4) is 11.5 Å². The number of methoxy groups -OCH3 is 2. The number of nitrogens with one attached hydrogen (secondary N) is 1. The van der Waals surface area contributed by atoms with E-state index in [-0.39, 0.29) is 17.6 Å². The second-order valence-corrected chi connectivity index (χ2v) is 8.29. The third-order valence-corrected chi connectivity index (χ3v) is 6.09. The van der Waals surface area contributed by atoms with E-state index < -0.39 is 12.1 Å². The second kappa shape index (κ2) is 9.58. The van der Waals surface area contributed by atoms with Gasteiger partial charge in [-0.05, 0) is 35.4 Å². The molecule has 2 saturated heterocycles. The molecule has 2 aliphatic heterocycles. The largest absolute Gasteiger partial charge is 0.508 e. The number of fused-ring (bicyclic) bond motifs is 1. The molecule has 2 heterocycles. The number of carbonyl (C=O) groups excluding carboxylic acids is 2. The molecule has 2 N–H and O–H groups in total. The Labute approximate surface area is 187 Å². The second-order valence-electron chi connectivity index (χ2n) is 8.29. The van der Waals surface area contributed by atoms with Crippen LogP contribution in [0.4, 0.5) is 0 Å². The van der Waals surface area contributed by atoms with Crippen molar-refractivity contribution in [1.82, 2.24) is 15.1 Å². The maximum absolute atomic E-state index is 13.0. The number of phenols is 1. The van der Waals surface area contributed by atoms with Crippen molar-refractivity contribution < 1.29 is 24.2 Å². The molecule has 0 unspecified atom stereocenters. The Hall–Kier alpha value is -3.10. The summed E-state index contributed by atoms with van der Waals surface area (Å²) >= 11 is 0. The molecule has 0 radical (unpaired) electrons. The van der Waals surface area contributed by atoms with Crippen molar-refractivity contribution in [2.24, 2.45) is 0 Å². The van der Waals surface area contributed by atoms with Crippen LogP contribution in [0, 0.1) is 0 Å². The standard InChI is InChI=1S/C24H29N3O5/c1-31-15-18-11-17(5-8-22(18)32-2)13-26-9-10-27-21(14-26)23(29)25-20(24(27)30)12-16-3-6-19(28)7-4-16/h3-8,11,20-21,28H,9-10,12-15H2,1-2H3,(H,25,29)/t20-,21-/m1/s1. The van der Waals surface area contributed by atoms with Gasteiger partial charge in [0.15, 0.2) is 0 Å². The maximum Gasteiger partial charge on any atom is 0.246 e. The van der Waals surface area contributed by atoms with Gasteiger partial charge in [0.05, 0.1) is 13.7 Å². The summed E-state index contributed by atoms with van der Waals surface area (Å²) < 4.78 is 10.7. The molecule has 4 rings (SSSR count). The zero-order valence-electron chi connectivity index (χ0n) is 18.4. The van der Waals surface area contributed by atoms with Gasteiger partial charge in [0.1, 0.15) is 23.6 Å². The van der Waals surface area contributed by atoms with E-state index in [4.69, 9.17) is 9.47 Å². The average molecular weight is 440 g/mol. The molecule has 0 aromatic heterocycles. The third kappa shape index (κ3) is 4.71. The minimum absolute atomic E-state index is 0.0471. The van der Waals surface area contributed by atoms with Crippen LogP contribution >= 0.6 is 0 Å². The summed E-state index contributed by atoms with van der Waals surface area (Å²) in [5.74, 6) is 0.800. The predicted octanol–water partition coefficient (Wildman–Crippen LogP) is 1.30. The lowest BCUT2D eigenvalue weighted by Crippen LogP contribution is -2.69. The van der Waals surface area contributed by atoms with Gasteiger partial charge in [-0.3, -0.25) is 14.5 Å². The van der Waals surface area contributed by atoms with Crippen molar-refractivity contribution in [1.29, 1.82) is 0 Å². The lowest BCUT2D eigenvalue weighted by atomic mass is 9.98. The molecule has 2 aromatic rings. The van der Waals surface area contributed by atoms with Crippen molar-refractivity contribution >= 4 is 11.8 Å². The number of hydrogen-bond acceptors (Lipinski definition) is 6. The zero-order valence-corrected chi connectivity index (χ0v) is 18.4. The highest BCUT2D eigenvalue weighted by atomic mass is 16.5. The Morgan fingerprint density at radius 2 is 1.81 bits per heavy atom. The number of benzene rings is 2. The summed E-state index contributed by atoms with van der Waals surface area (Å²) in [6.45, 7) is 2.86. The number of ether oxygens (including phenoxy) is 2. The SMILES string of the molecule is COCc1cc(CN2CCN3C(=O)[C@@H](Cc4ccc(O)cc4)NC(=O)[C@H]3C2)ccc1OC. The Bertz CT molecular complexity index is 978. The van der Waals surface area contributed by atoms with Gasteiger partial charge in [0.25, 0.3) is 0 Å². The summed E-state index contributed by atoms with van der Waals surface area (Å²) in [5.41, 5.74) is 2.98. The topological polar surface area (TPSA) is 91.3 Å². The first kappa shape index (κ1) is 22.1.